The van der Waals surface area contributed by atoms with Crippen LogP contribution < -0.4 is 0 Å². The molecule has 0 amide bonds. The minimum atomic E-state index is 0.359. The van der Waals surface area contributed by atoms with Gasteiger partial charge in [0.05, 0.1) is 6.07 Å². The van der Waals surface area contributed by atoms with E-state index in [4.69, 9.17) is 5.26 Å². The molecule has 2 atom stereocenters. The molecular weight excluding hydrogens is 326 g/mol. The molecule has 3 aliphatic rings. The Labute approximate surface area is 169 Å². The van der Waals surface area contributed by atoms with Crippen molar-refractivity contribution in [3.63, 3.8) is 0 Å². The molecule has 0 heterocycles. The predicted octanol–water partition coefficient (Wildman–Crippen LogP) is 8.00. The number of rotatable bonds is 6. The summed E-state index contributed by atoms with van der Waals surface area (Å²) in [5.74, 6) is 7.18. The van der Waals surface area contributed by atoms with Gasteiger partial charge in [-0.2, -0.15) is 5.26 Å². The summed E-state index contributed by atoms with van der Waals surface area (Å²) in [6.07, 6.45) is 19.8. The zero-order valence-electron chi connectivity index (χ0n) is 18.5. The molecule has 0 N–H and O–H groups in total. The third kappa shape index (κ3) is 5.52. The summed E-state index contributed by atoms with van der Waals surface area (Å²) in [6, 6.07) is 2.50. The SMILES string of the molecule is CCCC1CCC(C(C)C2CCC(C(C)[C@H]3CC[C@H](C#N)CC3)CC2)CC1. The fraction of sp³-hybridized carbons (Fsp3) is 0.962. The van der Waals surface area contributed by atoms with E-state index in [1.54, 1.807) is 0 Å². The Morgan fingerprint density at radius 1 is 0.667 bits per heavy atom. The van der Waals surface area contributed by atoms with Crippen molar-refractivity contribution in [2.45, 2.75) is 111 Å². The van der Waals surface area contributed by atoms with Crippen molar-refractivity contribution >= 4 is 0 Å². The first-order valence-electron chi connectivity index (χ1n) is 12.5. The Bertz CT molecular complexity index is 453. The van der Waals surface area contributed by atoms with Crippen LogP contribution in [0.15, 0.2) is 0 Å². The second-order valence-electron chi connectivity index (χ2n) is 10.7. The van der Waals surface area contributed by atoms with Gasteiger partial charge in [0.1, 0.15) is 0 Å². The topological polar surface area (TPSA) is 23.8 Å². The quantitative estimate of drug-likeness (QED) is 0.464. The van der Waals surface area contributed by atoms with Gasteiger partial charge in [-0.05, 0) is 106 Å². The molecule has 1 heteroatoms. The number of hydrogen-bond donors (Lipinski definition) is 0. The number of hydrogen-bond acceptors (Lipinski definition) is 1. The fourth-order valence-corrected chi connectivity index (χ4v) is 7.15. The zero-order chi connectivity index (χ0) is 19.2. The highest BCUT2D eigenvalue weighted by molar-refractivity contribution is 4.90. The Morgan fingerprint density at radius 3 is 1.41 bits per heavy atom. The van der Waals surface area contributed by atoms with Crippen LogP contribution in [0.2, 0.25) is 0 Å². The van der Waals surface area contributed by atoms with Crippen molar-refractivity contribution in [2.75, 3.05) is 0 Å². The third-order valence-corrected chi connectivity index (χ3v) is 9.33. The van der Waals surface area contributed by atoms with Gasteiger partial charge in [0.2, 0.25) is 0 Å². The van der Waals surface area contributed by atoms with Crippen molar-refractivity contribution in [3.05, 3.63) is 0 Å². The van der Waals surface area contributed by atoms with E-state index < -0.39 is 0 Å². The van der Waals surface area contributed by atoms with E-state index in [2.05, 4.69) is 26.8 Å². The fourth-order valence-electron chi connectivity index (χ4n) is 7.15. The molecule has 0 aromatic rings. The molecule has 0 spiro atoms. The predicted molar refractivity (Wildman–Crippen MR) is 115 cm³/mol. The standard InChI is InChI=1S/C26H45N/c1-4-5-21-6-10-23(11-7-21)19(2)25-14-16-26(17-15-25)20(3)24-12-8-22(18-27)9-13-24/h19-26H,4-17H2,1-3H3/t19?,20?,21?,22-,23?,24-,25?,26?. The molecule has 0 aromatic carbocycles. The monoisotopic (exact) mass is 371 g/mol. The maximum atomic E-state index is 9.14. The van der Waals surface area contributed by atoms with Crippen LogP contribution in [0.5, 0.6) is 0 Å². The van der Waals surface area contributed by atoms with E-state index in [0.29, 0.717) is 5.92 Å². The number of nitrogens with zero attached hydrogens (tertiary/aromatic N) is 1. The Kier molecular flexibility index (Phi) is 8.10. The van der Waals surface area contributed by atoms with E-state index in [9.17, 15) is 0 Å². The second-order valence-corrected chi connectivity index (χ2v) is 10.7. The summed E-state index contributed by atoms with van der Waals surface area (Å²) in [5.41, 5.74) is 0. The summed E-state index contributed by atoms with van der Waals surface area (Å²) in [7, 11) is 0. The van der Waals surface area contributed by atoms with Crippen LogP contribution in [0, 0.1) is 58.7 Å². The van der Waals surface area contributed by atoms with Crippen molar-refractivity contribution in [1.82, 2.24) is 0 Å². The van der Waals surface area contributed by atoms with E-state index in [1.165, 1.54) is 89.9 Å². The molecule has 0 radical (unpaired) electrons. The lowest BCUT2D eigenvalue weighted by molar-refractivity contribution is 0.0885. The molecule has 0 saturated heterocycles. The normalized spacial score (nSPS) is 40.1. The first-order valence-corrected chi connectivity index (χ1v) is 12.5. The Hall–Kier alpha value is -0.510. The first-order chi connectivity index (χ1) is 13.1. The van der Waals surface area contributed by atoms with Crippen molar-refractivity contribution in [3.8, 4) is 6.07 Å². The average molecular weight is 372 g/mol. The molecule has 154 valence electrons. The first kappa shape index (κ1) is 21.2. The van der Waals surface area contributed by atoms with E-state index >= 15 is 0 Å². The highest BCUT2D eigenvalue weighted by Crippen LogP contribution is 2.46. The van der Waals surface area contributed by atoms with Crippen LogP contribution in [-0.4, -0.2) is 0 Å². The van der Waals surface area contributed by atoms with Crippen molar-refractivity contribution in [1.29, 1.82) is 5.26 Å². The van der Waals surface area contributed by atoms with Gasteiger partial charge in [0.15, 0.2) is 0 Å². The van der Waals surface area contributed by atoms with E-state index in [1.807, 2.05) is 0 Å². The van der Waals surface area contributed by atoms with Crippen LogP contribution in [0.4, 0.5) is 0 Å². The molecule has 2 unspecified atom stereocenters. The van der Waals surface area contributed by atoms with Crippen LogP contribution in [0.25, 0.3) is 0 Å². The molecule has 3 rings (SSSR count). The largest absolute Gasteiger partial charge is 0.198 e. The van der Waals surface area contributed by atoms with Gasteiger partial charge in [-0.3, -0.25) is 0 Å². The van der Waals surface area contributed by atoms with Crippen LogP contribution in [-0.2, 0) is 0 Å². The van der Waals surface area contributed by atoms with Crippen LogP contribution in [0.1, 0.15) is 111 Å². The molecule has 3 aliphatic carbocycles. The van der Waals surface area contributed by atoms with Crippen molar-refractivity contribution < 1.29 is 0 Å². The molecule has 0 bridgehead atoms. The summed E-state index contributed by atoms with van der Waals surface area (Å²) in [4.78, 5) is 0. The lowest BCUT2D eigenvalue weighted by atomic mass is 9.64. The maximum Gasteiger partial charge on any atom is 0.0655 e. The van der Waals surface area contributed by atoms with Gasteiger partial charge < -0.3 is 0 Å². The molecule has 0 aromatic heterocycles. The lowest BCUT2D eigenvalue weighted by Gasteiger charge is -2.42. The summed E-state index contributed by atoms with van der Waals surface area (Å²) in [6.45, 7) is 7.49. The number of nitriles is 1. The van der Waals surface area contributed by atoms with Crippen LogP contribution in [0.3, 0.4) is 0 Å². The molecule has 3 fully saturated rings. The molecular formula is C26H45N. The van der Waals surface area contributed by atoms with Crippen molar-refractivity contribution in [2.24, 2.45) is 47.3 Å². The highest BCUT2D eigenvalue weighted by Gasteiger charge is 2.35. The van der Waals surface area contributed by atoms with Gasteiger partial charge in [0, 0.05) is 5.92 Å². The Balaban J connectivity index is 1.40. The molecule has 1 nitrogen and oxygen atoms in total. The van der Waals surface area contributed by atoms with Crippen LogP contribution >= 0.6 is 0 Å². The third-order valence-electron chi connectivity index (χ3n) is 9.33. The minimum absolute atomic E-state index is 0.359. The second kappa shape index (κ2) is 10.3. The van der Waals surface area contributed by atoms with Gasteiger partial charge in [-0.15, -0.1) is 0 Å². The summed E-state index contributed by atoms with van der Waals surface area (Å²) >= 11 is 0. The average Bonchev–Trinajstić information content (AvgIpc) is 2.74. The minimum Gasteiger partial charge on any atom is -0.198 e. The zero-order valence-corrected chi connectivity index (χ0v) is 18.5. The smallest absolute Gasteiger partial charge is 0.0655 e. The highest BCUT2D eigenvalue weighted by atomic mass is 14.4. The summed E-state index contributed by atoms with van der Waals surface area (Å²) in [5, 5.41) is 9.14. The lowest BCUT2D eigenvalue weighted by Crippen LogP contribution is -2.32. The Morgan fingerprint density at radius 2 is 1.04 bits per heavy atom. The van der Waals surface area contributed by atoms with Gasteiger partial charge in [0.25, 0.3) is 0 Å². The van der Waals surface area contributed by atoms with E-state index in [-0.39, 0.29) is 0 Å². The van der Waals surface area contributed by atoms with Gasteiger partial charge in [-0.25, -0.2) is 0 Å². The van der Waals surface area contributed by atoms with E-state index in [0.717, 1.165) is 41.4 Å². The molecule has 27 heavy (non-hydrogen) atoms. The van der Waals surface area contributed by atoms with Gasteiger partial charge in [-0.1, -0.05) is 46.5 Å². The summed E-state index contributed by atoms with van der Waals surface area (Å²) < 4.78 is 0. The van der Waals surface area contributed by atoms with Gasteiger partial charge >= 0.3 is 0 Å². The molecule has 3 saturated carbocycles. The maximum absolute atomic E-state index is 9.14. The molecule has 0 aliphatic heterocycles.